The average Bonchev–Trinajstić information content (AvgIpc) is 3.71. The highest BCUT2D eigenvalue weighted by atomic mass is 16.5. The van der Waals surface area contributed by atoms with Gasteiger partial charge in [-0.25, -0.2) is 4.98 Å². The summed E-state index contributed by atoms with van der Waals surface area (Å²) in [4.78, 5) is 32.7. The molecule has 1 atom stereocenters. The summed E-state index contributed by atoms with van der Waals surface area (Å²) >= 11 is 0. The molecule has 0 saturated carbocycles. The minimum Gasteiger partial charge on any atom is -0.383 e. The predicted octanol–water partition coefficient (Wildman–Crippen LogP) is 4.47. The number of anilines is 1. The molecule has 0 radical (unpaired) electrons. The van der Waals surface area contributed by atoms with Gasteiger partial charge in [0.15, 0.2) is 0 Å². The predicted molar refractivity (Wildman–Crippen MR) is 145 cm³/mol. The number of methoxy groups -OCH3 is 1. The van der Waals surface area contributed by atoms with Crippen LogP contribution in [0.5, 0.6) is 0 Å². The Bertz CT molecular complexity index is 1370. The van der Waals surface area contributed by atoms with Crippen molar-refractivity contribution in [2.75, 3.05) is 25.6 Å². The molecule has 2 N–H and O–H groups in total. The van der Waals surface area contributed by atoms with Gasteiger partial charge in [-0.05, 0) is 55.5 Å². The van der Waals surface area contributed by atoms with Crippen LogP contribution in [0, 0.1) is 0 Å². The van der Waals surface area contributed by atoms with Gasteiger partial charge >= 0.3 is 0 Å². The number of nitrogens with one attached hydrogen (secondary N) is 2. The highest BCUT2D eigenvalue weighted by molar-refractivity contribution is 6.04. The van der Waals surface area contributed by atoms with E-state index in [9.17, 15) is 9.59 Å². The lowest BCUT2D eigenvalue weighted by Gasteiger charge is -2.24. The van der Waals surface area contributed by atoms with E-state index in [2.05, 4.69) is 15.5 Å². The summed E-state index contributed by atoms with van der Waals surface area (Å²) in [6.07, 6.45) is 9.23. The molecule has 3 heterocycles. The van der Waals surface area contributed by atoms with E-state index in [0.717, 1.165) is 41.9 Å². The number of hydrogen-bond acceptors (Lipinski definition) is 5. The van der Waals surface area contributed by atoms with E-state index in [1.54, 1.807) is 25.6 Å². The number of H-pyrrole nitrogens is 1. The standard InChI is InChI=1S/C29H32N6O3/c1-38-20-26-13-7-15-34(26)27(36)14-6-10-24-19-35(25-11-3-2-4-12-25)29(32-24)33-28(37)22-9-5-8-21(16-22)23-17-30-31-18-23/h2-5,8-9,11-12,16-19,26H,6-7,10,13-15,20H2,1H3,(H,30,31)(H,32,33,37). The first-order valence-electron chi connectivity index (χ1n) is 12.9. The quantitative estimate of drug-likeness (QED) is 0.326. The molecule has 0 bridgehead atoms. The zero-order chi connectivity index (χ0) is 26.3. The topological polar surface area (TPSA) is 105 Å². The summed E-state index contributed by atoms with van der Waals surface area (Å²) in [5.74, 6) is 0.354. The minimum atomic E-state index is -0.252. The Labute approximate surface area is 221 Å². The fraction of sp³-hybridized carbons (Fsp3) is 0.310. The van der Waals surface area contributed by atoms with Crippen LogP contribution in [0.3, 0.4) is 0 Å². The van der Waals surface area contributed by atoms with Gasteiger partial charge in [0.25, 0.3) is 5.91 Å². The second-order valence-corrected chi connectivity index (χ2v) is 9.48. The average molecular weight is 513 g/mol. The first-order valence-corrected chi connectivity index (χ1v) is 12.9. The molecule has 196 valence electrons. The molecule has 2 aromatic heterocycles. The molecule has 38 heavy (non-hydrogen) atoms. The van der Waals surface area contributed by atoms with Gasteiger partial charge in [0.1, 0.15) is 0 Å². The molecule has 1 unspecified atom stereocenters. The van der Waals surface area contributed by atoms with Gasteiger partial charge in [0.05, 0.1) is 24.5 Å². The van der Waals surface area contributed by atoms with Crippen LogP contribution in [0.15, 0.2) is 73.2 Å². The van der Waals surface area contributed by atoms with Gasteiger partial charge in [-0.1, -0.05) is 30.3 Å². The highest BCUT2D eigenvalue weighted by Crippen LogP contribution is 2.23. The summed E-state index contributed by atoms with van der Waals surface area (Å²) in [5.41, 5.74) is 4.04. The number of aromatic amines is 1. The smallest absolute Gasteiger partial charge is 0.258 e. The number of amides is 2. The van der Waals surface area contributed by atoms with Crippen molar-refractivity contribution < 1.29 is 14.3 Å². The number of likely N-dealkylation sites (tertiary alicyclic amines) is 1. The lowest BCUT2D eigenvalue weighted by molar-refractivity contribution is -0.133. The number of nitrogens with zero attached hydrogens (tertiary/aromatic N) is 4. The van der Waals surface area contributed by atoms with Crippen LogP contribution in [0.4, 0.5) is 5.95 Å². The van der Waals surface area contributed by atoms with Gasteiger partial charge < -0.3 is 9.64 Å². The molecule has 9 nitrogen and oxygen atoms in total. The third-order valence-corrected chi connectivity index (χ3v) is 6.85. The molecule has 1 fully saturated rings. The highest BCUT2D eigenvalue weighted by Gasteiger charge is 2.28. The summed E-state index contributed by atoms with van der Waals surface area (Å²) in [7, 11) is 1.68. The first-order chi connectivity index (χ1) is 18.6. The van der Waals surface area contributed by atoms with Crippen LogP contribution in [0.1, 0.15) is 41.7 Å². The Balaban J connectivity index is 1.29. The minimum absolute atomic E-state index is 0.165. The molecular formula is C29H32N6O3. The van der Waals surface area contributed by atoms with E-state index >= 15 is 0 Å². The van der Waals surface area contributed by atoms with E-state index < -0.39 is 0 Å². The van der Waals surface area contributed by atoms with E-state index in [1.165, 1.54) is 0 Å². The Hall–Kier alpha value is -4.24. The van der Waals surface area contributed by atoms with E-state index in [4.69, 9.17) is 9.72 Å². The lowest BCUT2D eigenvalue weighted by Crippen LogP contribution is -2.38. The Kier molecular flexibility index (Phi) is 7.94. The first kappa shape index (κ1) is 25.4. The molecule has 0 aliphatic carbocycles. The number of imidazole rings is 1. The molecule has 5 rings (SSSR count). The van der Waals surface area contributed by atoms with Crippen LogP contribution in [0.2, 0.25) is 0 Å². The van der Waals surface area contributed by atoms with Crippen molar-refractivity contribution in [3.8, 4) is 16.8 Å². The van der Waals surface area contributed by atoms with Crippen molar-refractivity contribution >= 4 is 17.8 Å². The third kappa shape index (κ3) is 5.84. The molecular weight excluding hydrogens is 480 g/mol. The van der Waals surface area contributed by atoms with Crippen LogP contribution >= 0.6 is 0 Å². The van der Waals surface area contributed by atoms with Crippen LogP contribution in [0.25, 0.3) is 16.8 Å². The number of para-hydroxylation sites is 1. The van der Waals surface area contributed by atoms with Crippen LogP contribution in [-0.4, -0.2) is 62.8 Å². The van der Waals surface area contributed by atoms with Crippen molar-refractivity contribution in [1.82, 2.24) is 24.6 Å². The Morgan fingerprint density at radius 1 is 1.13 bits per heavy atom. The van der Waals surface area contributed by atoms with Crippen molar-refractivity contribution in [3.05, 3.63) is 84.4 Å². The van der Waals surface area contributed by atoms with E-state index in [1.807, 2.05) is 64.2 Å². The number of hydrogen-bond donors (Lipinski definition) is 2. The van der Waals surface area contributed by atoms with Crippen LogP contribution in [-0.2, 0) is 16.0 Å². The van der Waals surface area contributed by atoms with Crippen molar-refractivity contribution in [1.29, 1.82) is 0 Å². The number of carbonyl (C=O) groups excluding carboxylic acids is 2. The third-order valence-electron chi connectivity index (χ3n) is 6.85. The molecule has 2 aromatic carbocycles. The second-order valence-electron chi connectivity index (χ2n) is 9.48. The number of benzene rings is 2. The molecule has 2 amide bonds. The normalized spacial score (nSPS) is 15.1. The maximum absolute atomic E-state index is 13.2. The number of aryl methyl sites for hydroxylation is 1. The summed E-state index contributed by atoms with van der Waals surface area (Å²) < 4.78 is 7.16. The van der Waals surface area contributed by atoms with E-state index in [0.29, 0.717) is 37.4 Å². The number of rotatable bonds is 10. The number of ether oxygens (including phenoxy) is 1. The van der Waals surface area contributed by atoms with Gasteiger partial charge in [0, 0.05) is 49.3 Å². The second kappa shape index (κ2) is 11.9. The molecule has 9 heteroatoms. The van der Waals surface area contributed by atoms with Gasteiger partial charge in [-0.15, -0.1) is 0 Å². The fourth-order valence-electron chi connectivity index (χ4n) is 4.94. The number of aromatic nitrogens is 4. The van der Waals surface area contributed by atoms with Gasteiger partial charge in [0.2, 0.25) is 11.9 Å². The van der Waals surface area contributed by atoms with Crippen LogP contribution < -0.4 is 5.32 Å². The molecule has 1 aliphatic heterocycles. The number of carbonyl (C=O) groups is 2. The molecule has 1 aliphatic rings. The van der Waals surface area contributed by atoms with E-state index in [-0.39, 0.29) is 17.9 Å². The lowest BCUT2D eigenvalue weighted by atomic mass is 10.1. The zero-order valence-electron chi connectivity index (χ0n) is 21.5. The molecule has 1 saturated heterocycles. The SMILES string of the molecule is COCC1CCCN1C(=O)CCCc1cn(-c2ccccc2)c(NC(=O)c2cccc(-c3cn[nH]c3)c2)n1. The Morgan fingerprint density at radius 2 is 2.00 bits per heavy atom. The van der Waals surface area contributed by atoms with Gasteiger partial charge in [-0.2, -0.15) is 5.10 Å². The largest absolute Gasteiger partial charge is 0.383 e. The van der Waals surface area contributed by atoms with Crippen molar-refractivity contribution in [3.63, 3.8) is 0 Å². The van der Waals surface area contributed by atoms with Crippen molar-refractivity contribution in [2.45, 2.75) is 38.1 Å². The Morgan fingerprint density at radius 3 is 2.79 bits per heavy atom. The molecule has 0 spiro atoms. The van der Waals surface area contributed by atoms with Crippen molar-refractivity contribution in [2.24, 2.45) is 0 Å². The fourth-order valence-corrected chi connectivity index (χ4v) is 4.94. The maximum Gasteiger partial charge on any atom is 0.258 e. The monoisotopic (exact) mass is 512 g/mol. The molecule has 4 aromatic rings. The zero-order valence-corrected chi connectivity index (χ0v) is 21.5. The maximum atomic E-state index is 13.2. The van der Waals surface area contributed by atoms with Gasteiger partial charge in [-0.3, -0.25) is 24.6 Å². The summed E-state index contributed by atoms with van der Waals surface area (Å²) in [5, 5.41) is 9.77. The summed E-state index contributed by atoms with van der Waals surface area (Å²) in [6.45, 7) is 1.38. The summed E-state index contributed by atoms with van der Waals surface area (Å²) in [6, 6.07) is 17.3.